The van der Waals surface area contributed by atoms with Crippen LogP contribution in [0.2, 0.25) is 0 Å². The van der Waals surface area contributed by atoms with E-state index in [0.717, 1.165) is 17.9 Å². The molecule has 2 rings (SSSR count). The Labute approximate surface area is 138 Å². The van der Waals surface area contributed by atoms with E-state index in [1.807, 2.05) is 39.8 Å². The molecule has 0 saturated carbocycles. The number of carbonyl (C=O) groups excluding carboxylic acids is 1. The zero-order valence-electron chi connectivity index (χ0n) is 14.4. The van der Waals surface area contributed by atoms with E-state index in [0.29, 0.717) is 6.42 Å². The average molecular weight is 341 g/mol. The number of carbonyl (C=O) groups is 1. The number of hydrogen-bond donors (Lipinski definition) is 1. The van der Waals surface area contributed by atoms with Crippen molar-refractivity contribution in [3.05, 3.63) is 23.7 Å². The van der Waals surface area contributed by atoms with Crippen LogP contribution < -0.4 is 5.32 Å². The van der Waals surface area contributed by atoms with E-state index in [-0.39, 0.29) is 41.2 Å². The molecule has 1 aromatic heterocycles. The van der Waals surface area contributed by atoms with Gasteiger partial charge in [-0.2, -0.15) is 0 Å². The first-order valence-corrected chi connectivity index (χ1v) is 10.0. The third kappa shape index (κ3) is 4.83. The smallest absolute Gasteiger partial charge is 0.220 e. The summed E-state index contributed by atoms with van der Waals surface area (Å²) in [5.41, 5.74) is -0.194. The van der Waals surface area contributed by atoms with Crippen LogP contribution in [0.3, 0.4) is 0 Å². The van der Waals surface area contributed by atoms with Crippen LogP contribution in [0.25, 0.3) is 0 Å². The lowest BCUT2D eigenvalue weighted by molar-refractivity contribution is -0.123. The molecule has 0 radical (unpaired) electrons. The minimum absolute atomic E-state index is 0.0663. The molecule has 1 fully saturated rings. The summed E-state index contributed by atoms with van der Waals surface area (Å²) in [4.78, 5) is 12.4. The molecule has 0 spiro atoms. The topological polar surface area (TPSA) is 76.4 Å². The molecule has 1 saturated heterocycles. The van der Waals surface area contributed by atoms with E-state index in [1.54, 1.807) is 0 Å². The van der Waals surface area contributed by atoms with E-state index in [1.165, 1.54) is 0 Å². The first kappa shape index (κ1) is 18.0. The Kier molecular flexibility index (Phi) is 5.23. The summed E-state index contributed by atoms with van der Waals surface area (Å²) in [7, 11) is -2.95. The monoisotopic (exact) mass is 341 g/mol. The number of nitrogens with one attached hydrogen (secondary N) is 1. The highest BCUT2D eigenvalue weighted by Gasteiger charge is 2.33. The van der Waals surface area contributed by atoms with Crippen molar-refractivity contribution in [3.63, 3.8) is 0 Å². The van der Waals surface area contributed by atoms with E-state index >= 15 is 0 Å². The van der Waals surface area contributed by atoms with Crippen LogP contribution in [0.4, 0.5) is 0 Å². The summed E-state index contributed by atoms with van der Waals surface area (Å²) >= 11 is 0. The molecule has 1 aromatic rings. The molecule has 1 N–H and O–H groups in total. The summed E-state index contributed by atoms with van der Waals surface area (Å²) < 4.78 is 28.8. The van der Waals surface area contributed by atoms with Crippen LogP contribution in [0.1, 0.15) is 58.1 Å². The highest BCUT2D eigenvalue weighted by Crippen LogP contribution is 2.34. The Morgan fingerprint density at radius 3 is 2.57 bits per heavy atom. The zero-order valence-corrected chi connectivity index (χ0v) is 15.2. The number of sulfone groups is 1. The van der Waals surface area contributed by atoms with Gasteiger partial charge in [0.1, 0.15) is 11.5 Å². The standard InChI is InChI=1S/C17H27NO4S/c1-5-13-6-7-14(22-13)16(17(2,3)4)18-15(19)10-12-8-9-23(20,21)11-12/h6-7,12,16H,5,8-11H2,1-4H3,(H,18,19). The Morgan fingerprint density at radius 2 is 2.09 bits per heavy atom. The Morgan fingerprint density at radius 1 is 1.39 bits per heavy atom. The van der Waals surface area contributed by atoms with E-state index < -0.39 is 9.84 Å². The van der Waals surface area contributed by atoms with Gasteiger partial charge < -0.3 is 9.73 Å². The lowest BCUT2D eigenvalue weighted by Crippen LogP contribution is -2.37. The highest BCUT2D eigenvalue weighted by molar-refractivity contribution is 7.91. The molecule has 1 amide bonds. The molecule has 5 nitrogen and oxygen atoms in total. The lowest BCUT2D eigenvalue weighted by atomic mass is 9.85. The van der Waals surface area contributed by atoms with E-state index in [4.69, 9.17) is 4.42 Å². The van der Waals surface area contributed by atoms with Crippen molar-refractivity contribution in [1.82, 2.24) is 5.32 Å². The number of amides is 1. The van der Waals surface area contributed by atoms with Gasteiger partial charge in [0, 0.05) is 12.8 Å². The molecule has 1 aliphatic rings. The second kappa shape index (κ2) is 6.67. The normalized spacial score (nSPS) is 22.0. The predicted molar refractivity (Wildman–Crippen MR) is 89.8 cm³/mol. The molecule has 2 atom stereocenters. The third-order valence-corrected chi connectivity index (χ3v) is 6.12. The quantitative estimate of drug-likeness (QED) is 0.893. The van der Waals surface area contributed by atoms with Gasteiger partial charge in [-0.25, -0.2) is 8.42 Å². The molecular weight excluding hydrogens is 314 g/mol. The molecule has 0 aromatic carbocycles. The maximum absolute atomic E-state index is 12.4. The van der Waals surface area contributed by atoms with Gasteiger partial charge in [-0.05, 0) is 29.9 Å². The fraction of sp³-hybridized carbons (Fsp3) is 0.706. The van der Waals surface area contributed by atoms with Crippen molar-refractivity contribution < 1.29 is 17.6 Å². The van der Waals surface area contributed by atoms with Crippen LogP contribution in [0.15, 0.2) is 16.5 Å². The number of rotatable bonds is 5. The number of furan rings is 1. The van der Waals surface area contributed by atoms with Gasteiger partial charge in [0.2, 0.25) is 5.91 Å². The fourth-order valence-corrected chi connectivity index (χ4v) is 4.83. The molecule has 6 heteroatoms. The van der Waals surface area contributed by atoms with Crippen molar-refractivity contribution in [3.8, 4) is 0 Å². The SMILES string of the molecule is CCc1ccc(C(NC(=O)CC2CCS(=O)(=O)C2)C(C)(C)C)o1. The first-order chi connectivity index (χ1) is 10.6. The summed E-state index contributed by atoms with van der Waals surface area (Å²) in [6, 6.07) is 3.62. The van der Waals surface area contributed by atoms with Gasteiger partial charge in [0.15, 0.2) is 9.84 Å². The molecule has 1 aliphatic heterocycles. The maximum atomic E-state index is 12.4. The fourth-order valence-electron chi connectivity index (χ4n) is 2.97. The molecular formula is C17H27NO4S. The van der Waals surface area contributed by atoms with Crippen LogP contribution in [-0.4, -0.2) is 25.8 Å². The summed E-state index contributed by atoms with van der Waals surface area (Å²) in [5.74, 6) is 1.80. The van der Waals surface area contributed by atoms with Gasteiger partial charge in [-0.1, -0.05) is 27.7 Å². The predicted octanol–water partition coefficient (Wildman–Crippen LogP) is 2.87. The summed E-state index contributed by atoms with van der Waals surface area (Å²) in [6.45, 7) is 8.16. The Hall–Kier alpha value is -1.30. The largest absolute Gasteiger partial charge is 0.464 e. The molecule has 0 bridgehead atoms. The first-order valence-electron chi connectivity index (χ1n) is 8.19. The minimum atomic E-state index is -2.95. The van der Waals surface area contributed by atoms with Gasteiger partial charge >= 0.3 is 0 Å². The molecule has 2 unspecified atom stereocenters. The van der Waals surface area contributed by atoms with Crippen LogP contribution in [0.5, 0.6) is 0 Å². The highest BCUT2D eigenvalue weighted by atomic mass is 32.2. The maximum Gasteiger partial charge on any atom is 0.220 e. The Bertz CT molecular complexity index is 654. The van der Waals surface area contributed by atoms with Crippen molar-refractivity contribution >= 4 is 15.7 Å². The number of hydrogen-bond acceptors (Lipinski definition) is 4. The van der Waals surface area contributed by atoms with Gasteiger partial charge in [-0.15, -0.1) is 0 Å². The van der Waals surface area contributed by atoms with Crippen LogP contribution >= 0.6 is 0 Å². The van der Waals surface area contributed by atoms with Gasteiger partial charge in [-0.3, -0.25) is 4.79 Å². The zero-order chi connectivity index (χ0) is 17.3. The average Bonchev–Trinajstić information content (AvgIpc) is 3.01. The van der Waals surface area contributed by atoms with Gasteiger partial charge in [0.25, 0.3) is 0 Å². The summed E-state index contributed by atoms with van der Waals surface area (Å²) in [6.07, 6.45) is 1.65. The second-order valence-electron chi connectivity index (χ2n) is 7.50. The molecule has 0 aliphatic carbocycles. The molecule has 2 heterocycles. The lowest BCUT2D eigenvalue weighted by Gasteiger charge is -2.30. The van der Waals surface area contributed by atoms with Crippen molar-refractivity contribution in [2.75, 3.05) is 11.5 Å². The van der Waals surface area contributed by atoms with Gasteiger partial charge in [0.05, 0.1) is 17.5 Å². The summed E-state index contributed by atoms with van der Waals surface area (Å²) in [5, 5.41) is 3.04. The van der Waals surface area contributed by atoms with Crippen molar-refractivity contribution in [2.45, 2.75) is 53.0 Å². The van der Waals surface area contributed by atoms with Crippen molar-refractivity contribution in [1.29, 1.82) is 0 Å². The van der Waals surface area contributed by atoms with E-state index in [9.17, 15) is 13.2 Å². The van der Waals surface area contributed by atoms with Crippen LogP contribution in [0, 0.1) is 11.3 Å². The van der Waals surface area contributed by atoms with Crippen LogP contribution in [-0.2, 0) is 21.1 Å². The molecule has 23 heavy (non-hydrogen) atoms. The third-order valence-electron chi connectivity index (χ3n) is 4.29. The van der Waals surface area contributed by atoms with Crippen molar-refractivity contribution in [2.24, 2.45) is 11.3 Å². The second-order valence-corrected chi connectivity index (χ2v) is 9.73. The minimum Gasteiger partial charge on any atom is -0.464 e. The van der Waals surface area contributed by atoms with E-state index in [2.05, 4.69) is 5.32 Å². The number of aryl methyl sites for hydroxylation is 1. The molecule has 130 valence electrons. The Balaban J connectivity index is 2.05.